The lowest BCUT2D eigenvalue weighted by Gasteiger charge is -2.09. The van der Waals surface area contributed by atoms with Crippen molar-refractivity contribution in [2.75, 3.05) is 10.7 Å². The number of halogens is 2. The van der Waals surface area contributed by atoms with Crippen LogP contribution in [-0.4, -0.2) is 4.98 Å². The maximum absolute atomic E-state index is 5.31. The average Bonchev–Trinajstić information content (AvgIpc) is 2.33. The number of rotatable bonds is 3. The standard InChI is InChI=1S/C11H10Br2N4/c12-7-1-2-10(9(13)5-7)16-8-3-4-15-11(6-8)17-14/h1-6H,14H2,(H2,15,16,17). The molecule has 1 heterocycles. The number of nitrogen functional groups attached to an aromatic ring is 1. The molecule has 0 radical (unpaired) electrons. The van der Waals surface area contributed by atoms with Crippen molar-refractivity contribution in [3.8, 4) is 0 Å². The zero-order chi connectivity index (χ0) is 12.3. The van der Waals surface area contributed by atoms with Gasteiger partial charge in [0, 0.05) is 26.9 Å². The summed E-state index contributed by atoms with van der Waals surface area (Å²) in [5.41, 5.74) is 4.39. The van der Waals surface area contributed by atoms with Gasteiger partial charge in [0.05, 0.1) is 5.69 Å². The van der Waals surface area contributed by atoms with Crippen molar-refractivity contribution in [1.82, 2.24) is 4.98 Å². The molecule has 0 amide bonds. The molecule has 0 saturated carbocycles. The van der Waals surface area contributed by atoms with E-state index >= 15 is 0 Å². The first-order valence-corrected chi connectivity index (χ1v) is 6.42. The van der Waals surface area contributed by atoms with Crippen LogP contribution in [0.4, 0.5) is 17.2 Å². The second kappa shape index (κ2) is 5.48. The number of nitrogens with zero attached hydrogens (tertiary/aromatic N) is 1. The number of nitrogens with two attached hydrogens (primary N) is 1. The van der Waals surface area contributed by atoms with Crippen LogP contribution in [0.2, 0.25) is 0 Å². The highest BCUT2D eigenvalue weighted by Crippen LogP contribution is 2.29. The predicted molar refractivity (Wildman–Crippen MR) is 77.2 cm³/mol. The number of hydrogen-bond donors (Lipinski definition) is 3. The van der Waals surface area contributed by atoms with Gasteiger partial charge in [0.15, 0.2) is 0 Å². The first-order valence-electron chi connectivity index (χ1n) is 4.84. The van der Waals surface area contributed by atoms with Crippen LogP contribution in [0.3, 0.4) is 0 Å². The third-order valence-electron chi connectivity index (χ3n) is 2.12. The molecule has 0 spiro atoms. The fraction of sp³-hybridized carbons (Fsp3) is 0. The van der Waals surface area contributed by atoms with E-state index in [1.807, 2.05) is 30.3 Å². The van der Waals surface area contributed by atoms with Gasteiger partial charge in [-0.2, -0.15) is 0 Å². The molecule has 0 atom stereocenters. The lowest BCUT2D eigenvalue weighted by Crippen LogP contribution is -2.08. The molecule has 4 N–H and O–H groups in total. The van der Waals surface area contributed by atoms with Crippen LogP contribution in [0.1, 0.15) is 0 Å². The molecule has 0 unspecified atom stereocenters. The van der Waals surface area contributed by atoms with Crippen LogP contribution in [0.5, 0.6) is 0 Å². The second-order valence-electron chi connectivity index (χ2n) is 3.32. The van der Waals surface area contributed by atoms with E-state index in [-0.39, 0.29) is 0 Å². The quantitative estimate of drug-likeness (QED) is 0.579. The van der Waals surface area contributed by atoms with Gasteiger partial charge in [-0.1, -0.05) is 15.9 Å². The molecule has 0 bridgehead atoms. The third kappa shape index (κ3) is 3.18. The van der Waals surface area contributed by atoms with E-state index in [4.69, 9.17) is 5.84 Å². The molecule has 2 rings (SSSR count). The smallest absolute Gasteiger partial charge is 0.141 e. The first kappa shape index (κ1) is 12.3. The van der Waals surface area contributed by atoms with Gasteiger partial charge in [-0.05, 0) is 40.2 Å². The summed E-state index contributed by atoms with van der Waals surface area (Å²) in [6.45, 7) is 0. The van der Waals surface area contributed by atoms with E-state index in [0.29, 0.717) is 5.82 Å². The van der Waals surface area contributed by atoms with Gasteiger partial charge in [-0.25, -0.2) is 10.8 Å². The highest BCUT2D eigenvalue weighted by molar-refractivity contribution is 9.11. The van der Waals surface area contributed by atoms with Gasteiger partial charge in [0.2, 0.25) is 0 Å². The van der Waals surface area contributed by atoms with E-state index in [9.17, 15) is 0 Å². The Balaban J connectivity index is 2.25. The zero-order valence-corrected chi connectivity index (χ0v) is 11.9. The summed E-state index contributed by atoms with van der Waals surface area (Å²) >= 11 is 6.90. The number of aromatic nitrogens is 1. The van der Waals surface area contributed by atoms with Crippen LogP contribution in [0.25, 0.3) is 0 Å². The zero-order valence-electron chi connectivity index (χ0n) is 8.74. The van der Waals surface area contributed by atoms with Gasteiger partial charge in [-0.15, -0.1) is 0 Å². The minimum absolute atomic E-state index is 0.614. The molecule has 1 aromatic heterocycles. The van der Waals surface area contributed by atoms with Crippen LogP contribution in [-0.2, 0) is 0 Å². The molecule has 88 valence electrons. The summed E-state index contributed by atoms with van der Waals surface area (Å²) in [5.74, 6) is 5.92. The number of nitrogens with one attached hydrogen (secondary N) is 2. The average molecular weight is 358 g/mol. The van der Waals surface area contributed by atoms with Crippen molar-refractivity contribution < 1.29 is 0 Å². The molecule has 0 aliphatic rings. The summed E-state index contributed by atoms with van der Waals surface area (Å²) in [4.78, 5) is 4.04. The summed E-state index contributed by atoms with van der Waals surface area (Å²) in [6.07, 6.45) is 1.68. The fourth-order valence-corrected chi connectivity index (χ4v) is 2.48. The Morgan fingerprint density at radius 1 is 1.12 bits per heavy atom. The largest absolute Gasteiger partial charge is 0.354 e. The Morgan fingerprint density at radius 2 is 1.94 bits per heavy atom. The number of pyridine rings is 1. The minimum Gasteiger partial charge on any atom is -0.354 e. The summed E-state index contributed by atoms with van der Waals surface area (Å²) in [7, 11) is 0. The van der Waals surface area contributed by atoms with Crippen LogP contribution < -0.4 is 16.6 Å². The van der Waals surface area contributed by atoms with Crippen molar-refractivity contribution in [2.45, 2.75) is 0 Å². The van der Waals surface area contributed by atoms with Gasteiger partial charge >= 0.3 is 0 Å². The summed E-state index contributed by atoms with van der Waals surface area (Å²) in [5, 5.41) is 3.27. The van der Waals surface area contributed by atoms with Crippen LogP contribution >= 0.6 is 31.9 Å². The maximum atomic E-state index is 5.31. The minimum atomic E-state index is 0.614. The van der Waals surface area contributed by atoms with E-state index < -0.39 is 0 Å². The lowest BCUT2D eigenvalue weighted by atomic mass is 10.3. The number of hydrazine groups is 1. The molecule has 0 saturated heterocycles. The molecule has 1 aromatic carbocycles. The molecule has 4 nitrogen and oxygen atoms in total. The van der Waals surface area contributed by atoms with Crippen LogP contribution in [0, 0.1) is 0 Å². The fourth-order valence-electron chi connectivity index (χ4n) is 1.33. The van der Waals surface area contributed by atoms with Crippen molar-refractivity contribution in [3.05, 3.63) is 45.5 Å². The van der Waals surface area contributed by atoms with E-state index in [2.05, 4.69) is 47.6 Å². The third-order valence-corrected chi connectivity index (χ3v) is 3.27. The van der Waals surface area contributed by atoms with E-state index in [1.54, 1.807) is 6.20 Å². The van der Waals surface area contributed by atoms with Crippen molar-refractivity contribution in [3.63, 3.8) is 0 Å². The van der Waals surface area contributed by atoms with Crippen molar-refractivity contribution in [1.29, 1.82) is 0 Å². The molecule has 0 aliphatic heterocycles. The highest BCUT2D eigenvalue weighted by Gasteiger charge is 2.01. The normalized spacial score (nSPS) is 10.1. The molecule has 2 aromatic rings. The number of anilines is 3. The van der Waals surface area contributed by atoms with Crippen molar-refractivity contribution in [2.24, 2.45) is 5.84 Å². The highest BCUT2D eigenvalue weighted by atomic mass is 79.9. The molecule has 0 fully saturated rings. The molecule has 17 heavy (non-hydrogen) atoms. The monoisotopic (exact) mass is 356 g/mol. The van der Waals surface area contributed by atoms with Gasteiger partial charge in [0.25, 0.3) is 0 Å². The Morgan fingerprint density at radius 3 is 2.65 bits per heavy atom. The maximum Gasteiger partial charge on any atom is 0.141 e. The Labute approximate surface area is 116 Å². The van der Waals surface area contributed by atoms with Crippen LogP contribution in [0.15, 0.2) is 45.5 Å². The van der Waals surface area contributed by atoms with Gasteiger partial charge in [-0.3, -0.25) is 0 Å². The lowest BCUT2D eigenvalue weighted by molar-refractivity contribution is 1.23. The topological polar surface area (TPSA) is 63.0 Å². The van der Waals surface area contributed by atoms with E-state index in [1.165, 1.54) is 0 Å². The van der Waals surface area contributed by atoms with Gasteiger partial charge < -0.3 is 10.7 Å². The SMILES string of the molecule is NNc1cc(Nc2ccc(Br)cc2Br)ccn1. The Kier molecular flexibility index (Phi) is 3.98. The first-order chi connectivity index (χ1) is 8.19. The van der Waals surface area contributed by atoms with Crippen molar-refractivity contribution >= 4 is 49.1 Å². The Bertz CT molecular complexity index is 531. The molecule has 6 heteroatoms. The number of benzene rings is 1. The number of hydrogen-bond acceptors (Lipinski definition) is 4. The van der Waals surface area contributed by atoms with Gasteiger partial charge in [0.1, 0.15) is 5.82 Å². The van der Waals surface area contributed by atoms with E-state index in [0.717, 1.165) is 20.3 Å². The molecular formula is C11H10Br2N4. The predicted octanol–water partition coefficient (Wildman–Crippen LogP) is 3.64. The second-order valence-corrected chi connectivity index (χ2v) is 5.09. The molecular weight excluding hydrogens is 348 g/mol. The summed E-state index contributed by atoms with van der Waals surface area (Å²) < 4.78 is 2.00. The molecule has 0 aliphatic carbocycles. The Hall–Kier alpha value is -1.11. The summed E-state index contributed by atoms with van der Waals surface area (Å²) in [6, 6.07) is 9.62.